The van der Waals surface area contributed by atoms with Gasteiger partial charge in [0.2, 0.25) is 5.91 Å². The fourth-order valence-corrected chi connectivity index (χ4v) is 1.67. The third-order valence-electron chi connectivity index (χ3n) is 2.49. The topological polar surface area (TPSA) is 64.3 Å². The summed E-state index contributed by atoms with van der Waals surface area (Å²) in [5.74, 6) is -0.759. The number of benzene rings is 1. The lowest BCUT2D eigenvalue weighted by atomic mass is 10.1. The fraction of sp³-hybridized carbons (Fsp3) is 0.364. The molecule has 0 aliphatic carbocycles. The van der Waals surface area contributed by atoms with Crippen LogP contribution < -0.4 is 11.1 Å². The Hall–Kier alpha value is -1.62. The molecule has 1 unspecified atom stereocenters. The average Bonchev–Trinajstić information content (AvgIpc) is 2.68. The van der Waals surface area contributed by atoms with Crippen LogP contribution in [0.5, 0.6) is 0 Å². The van der Waals surface area contributed by atoms with E-state index in [9.17, 15) is 9.18 Å². The van der Waals surface area contributed by atoms with Crippen molar-refractivity contribution in [3.63, 3.8) is 0 Å². The van der Waals surface area contributed by atoms with Crippen molar-refractivity contribution in [3.8, 4) is 0 Å². The summed E-state index contributed by atoms with van der Waals surface area (Å²) in [6, 6.07) is 3.97. The Morgan fingerprint density at radius 3 is 2.94 bits per heavy atom. The highest BCUT2D eigenvalue weighted by atomic mass is 19.1. The van der Waals surface area contributed by atoms with Gasteiger partial charge in [0.25, 0.3) is 0 Å². The number of hydrogen-bond acceptors (Lipinski definition) is 3. The normalized spacial score (nSPS) is 19.7. The molecule has 0 aromatic heterocycles. The molecule has 1 fully saturated rings. The summed E-state index contributed by atoms with van der Waals surface area (Å²) in [6.07, 6.45) is 0.705. The minimum absolute atomic E-state index is 0.149. The zero-order valence-electron chi connectivity index (χ0n) is 8.70. The molecule has 0 saturated carbocycles. The van der Waals surface area contributed by atoms with Gasteiger partial charge < -0.3 is 15.8 Å². The Bertz CT molecular complexity index is 383. The van der Waals surface area contributed by atoms with Gasteiger partial charge >= 0.3 is 0 Å². The third kappa shape index (κ3) is 2.49. The SMILES string of the molecule is Nc1cc(F)cc(NC(=O)C2CCOC2)c1. The Balaban J connectivity index is 2.05. The molecule has 16 heavy (non-hydrogen) atoms. The Morgan fingerprint density at radius 1 is 1.50 bits per heavy atom. The van der Waals surface area contributed by atoms with Crippen molar-refractivity contribution >= 4 is 17.3 Å². The first-order valence-electron chi connectivity index (χ1n) is 5.10. The standard InChI is InChI=1S/C11H13FN2O2/c12-8-3-9(13)5-10(4-8)14-11(15)7-1-2-16-6-7/h3-5,7H,1-2,6,13H2,(H,14,15). The second-order valence-electron chi connectivity index (χ2n) is 3.82. The maximum Gasteiger partial charge on any atom is 0.229 e. The predicted octanol–water partition coefficient (Wildman–Crippen LogP) is 1.38. The number of nitrogens with two attached hydrogens (primary N) is 1. The maximum absolute atomic E-state index is 13.0. The first-order valence-corrected chi connectivity index (χ1v) is 5.10. The Labute approximate surface area is 92.6 Å². The van der Waals surface area contributed by atoms with Crippen LogP contribution in [0, 0.1) is 11.7 Å². The van der Waals surface area contributed by atoms with Crippen LogP contribution >= 0.6 is 0 Å². The molecular formula is C11H13FN2O2. The largest absolute Gasteiger partial charge is 0.399 e. The van der Waals surface area contributed by atoms with Crippen LogP contribution in [0.2, 0.25) is 0 Å². The van der Waals surface area contributed by atoms with Crippen LogP contribution in [0.4, 0.5) is 15.8 Å². The number of anilines is 2. The molecular weight excluding hydrogens is 211 g/mol. The van der Waals surface area contributed by atoms with E-state index >= 15 is 0 Å². The molecule has 86 valence electrons. The zero-order valence-corrected chi connectivity index (χ0v) is 8.70. The zero-order chi connectivity index (χ0) is 11.5. The fourth-order valence-electron chi connectivity index (χ4n) is 1.67. The molecule has 0 bridgehead atoms. The number of ether oxygens (including phenoxy) is 1. The monoisotopic (exact) mass is 224 g/mol. The molecule has 1 aromatic carbocycles. The Morgan fingerprint density at radius 2 is 2.31 bits per heavy atom. The van der Waals surface area contributed by atoms with Crippen molar-refractivity contribution in [2.45, 2.75) is 6.42 Å². The quantitative estimate of drug-likeness (QED) is 0.746. The molecule has 4 nitrogen and oxygen atoms in total. The predicted molar refractivity (Wildman–Crippen MR) is 58.4 cm³/mol. The molecule has 1 heterocycles. The van der Waals surface area contributed by atoms with Gasteiger partial charge in [-0.1, -0.05) is 0 Å². The van der Waals surface area contributed by atoms with Gasteiger partial charge in [0.05, 0.1) is 12.5 Å². The van der Waals surface area contributed by atoms with Crippen molar-refractivity contribution < 1.29 is 13.9 Å². The molecule has 0 spiro atoms. The van der Waals surface area contributed by atoms with E-state index in [2.05, 4.69) is 5.32 Å². The van der Waals surface area contributed by atoms with Crippen LogP contribution in [0.1, 0.15) is 6.42 Å². The number of halogens is 1. The number of rotatable bonds is 2. The van der Waals surface area contributed by atoms with Gasteiger partial charge in [-0.05, 0) is 24.6 Å². The van der Waals surface area contributed by atoms with E-state index in [0.717, 1.165) is 0 Å². The minimum Gasteiger partial charge on any atom is -0.399 e. The minimum atomic E-state index is -0.460. The second kappa shape index (κ2) is 4.49. The number of amides is 1. The molecule has 1 atom stereocenters. The van der Waals surface area contributed by atoms with Crippen LogP contribution in [-0.4, -0.2) is 19.1 Å². The molecule has 1 amide bonds. The molecule has 1 aliphatic heterocycles. The smallest absolute Gasteiger partial charge is 0.229 e. The number of carbonyl (C=O) groups is 1. The van der Waals surface area contributed by atoms with Crippen molar-refractivity contribution in [2.24, 2.45) is 5.92 Å². The molecule has 2 rings (SSSR count). The van der Waals surface area contributed by atoms with Gasteiger partial charge in [-0.15, -0.1) is 0 Å². The molecule has 1 aliphatic rings. The van der Waals surface area contributed by atoms with Gasteiger partial charge in [0.15, 0.2) is 0 Å². The van der Waals surface area contributed by atoms with Crippen LogP contribution in [0.3, 0.4) is 0 Å². The van der Waals surface area contributed by atoms with Crippen LogP contribution in [0.15, 0.2) is 18.2 Å². The number of nitrogen functional groups attached to an aromatic ring is 1. The lowest BCUT2D eigenvalue weighted by Gasteiger charge is -2.09. The molecule has 5 heteroatoms. The highest BCUT2D eigenvalue weighted by molar-refractivity contribution is 5.93. The van der Waals surface area contributed by atoms with Gasteiger partial charge in [-0.2, -0.15) is 0 Å². The first kappa shape index (κ1) is 10.9. The van der Waals surface area contributed by atoms with Crippen molar-refractivity contribution in [1.82, 2.24) is 0 Å². The molecule has 0 radical (unpaired) electrons. The summed E-state index contributed by atoms with van der Waals surface area (Å²) < 4.78 is 18.1. The highest BCUT2D eigenvalue weighted by Crippen LogP contribution is 2.18. The first-order chi connectivity index (χ1) is 7.65. The van der Waals surface area contributed by atoms with E-state index < -0.39 is 5.82 Å². The average molecular weight is 224 g/mol. The number of nitrogens with one attached hydrogen (secondary N) is 1. The summed E-state index contributed by atoms with van der Waals surface area (Å²) >= 11 is 0. The van der Waals surface area contributed by atoms with E-state index in [4.69, 9.17) is 10.5 Å². The summed E-state index contributed by atoms with van der Waals surface area (Å²) in [5, 5.41) is 2.63. The van der Waals surface area contributed by atoms with Crippen LogP contribution in [-0.2, 0) is 9.53 Å². The summed E-state index contributed by atoms with van der Waals surface area (Å²) in [7, 11) is 0. The van der Waals surface area contributed by atoms with Crippen molar-refractivity contribution in [3.05, 3.63) is 24.0 Å². The molecule has 1 aromatic rings. The van der Waals surface area contributed by atoms with Gasteiger partial charge in [-0.25, -0.2) is 4.39 Å². The van der Waals surface area contributed by atoms with Gasteiger partial charge in [0.1, 0.15) is 5.82 Å². The third-order valence-corrected chi connectivity index (χ3v) is 2.49. The Kier molecular flexibility index (Phi) is 3.05. The summed E-state index contributed by atoms with van der Waals surface area (Å²) in [4.78, 5) is 11.7. The number of carbonyl (C=O) groups excluding carboxylic acids is 1. The van der Waals surface area contributed by atoms with E-state index in [-0.39, 0.29) is 17.5 Å². The highest BCUT2D eigenvalue weighted by Gasteiger charge is 2.23. The summed E-state index contributed by atoms with van der Waals surface area (Å²) in [5.41, 5.74) is 6.15. The van der Waals surface area contributed by atoms with E-state index in [1.807, 2.05) is 0 Å². The lowest BCUT2D eigenvalue weighted by Crippen LogP contribution is -2.22. The van der Waals surface area contributed by atoms with Crippen molar-refractivity contribution in [1.29, 1.82) is 0 Å². The maximum atomic E-state index is 13.0. The number of hydrogen-bond donors (Lipinski definition) is 2. The van der Waals surface area contributed by atoms with Crippen molar-refractivity contribution in [2.75, 3.05) is 24.3 Å². The summed E-state index contributed by atoms with van der Waals surface area (Å²) in [6.45, 7) is 1.03. The van der Waals surface area contributed by atoms with E-state index in [0.29, 0.717) is 25.3 Å². The second-order valence-corrected chi connectivity index (χ2v) is 3.82. The van der Waals surface area contributed by atoms with E-state index in [1.165, 1.54) is 18.2 Å². The van der Waals surface area contributed by atoms with Gasteiger partial charge in [0, 0.05) is 18.0 Å². The van der Waals surface area contributed by atoms with Gasteiger partial charge in [-0.3, -0.25) is 4.79 Å². The molecule has 1 saturated heterocycles. The molecule has 3 N–H and O–H groups in total. The van der Waals surface area contributed by atoms with E-state index in [1.54, 1.807) is 0 Å². The lowest BCUT2D eigenvalue weighted by molar-refractivity contribution is -0.119. The van der Waals surface area contributed by atoms with Crippen LogP contribution in [0.25, 0.3) is 0 Å².